The second-order valence-corrected chi connectivity index (χ2v) is 5.65. The summed E-state index contributed by atoms with van der Waals surface area (Å²) >= 11 is 3.08. The molecule has 0 fully saturated rings. The highest BCUT2D eigenvalue weighted by molar-refractivity contribution is 9.10. The zero-order valence-electron chi connectivity index (χ0n) is 13.7. The third kappa shape index (κ3) is 5.35. The molecule has 0 aliphatic heterocycles. The highest BCUT2D eigenvalue weighted by Crippen LogP contribution is 2.25. The lowest BCUT2D eigenvalue weighted by molar-refractivity contribution is 0.110. The molecule has 6 nitrogen and oxygen atoms in total. The van der Waals surface area contributed by atoms with Crippen molar-refractivity contribution in [2.45, 2.75) is 0 Å². The molecule has 26 heavy (non-hydrogen) atoms. The van der Waals surface area contributed by atoms with Crippen LogP contribution >= 0.6 is 15.9 Å². The second kappa shape index (κ2) is 10.0. The number of hydrogen-bond acceptors (Lipinski definition) is 6. The second-order valence-electron chi connectivity index (χ2n) is 4.73. The van der Waals surface area contributed by atoms with E-state index in [1.54, 1.807) is 0 Å². The van der Waals surface area contributed by atoms with Crippen molar-refractivity contribution in [2.24, 2.45) is 0 Å². The molecule has 0 aromatic heterocycles. The number of methoxy groups -OCH3 is 2. The lowest BCUT2D eigenvalue weighted by atomic mass is 9.79. The molecule has 0 unspecified atom stereocenters. The molecule has 2 rings (SSSR count). The first-order chi connectivity index (χ1) is 12.3. The largest absolute Gasteiger partial charge is 0.496 e. The average molecular weight is 431 g/mol. The molecule has 0 spiro atoms. The Morgan fingerprint density at radius 3 is 1.81 bits per heavy atom. The van der Waals surface area contributed by atoms with Gasteiger partial charge in [-0.1, -0.05) is 15.9 Å². The van der Waals surface area contributed by atoms with Crippen LogP contribution in [0.3, 0.4) is 0 Å². The van der Waals surface area contributed by atoms with Gasteiger partial charge in [0.15, 0.2) is 12.6 Å². The summed E-state index contributed by atoms with van der Waals surface area (Å²) in [4.78, 5) is 20.8. The van der Waals surface area contributed by atoms with Crippen molar-refractivity contribution >= 4 is 41.1 Å². The van der Waals surface area contributed by atoms with E-state index < -0.39 is 18.8 Å². The number of benzene rings is 2. The molecule has 0 saturated carbocycles. The Morgan fingerprint density at radius 2 is 1.38 bits per heavy atom. The van der Waals surface area contributed by atoms with Crippen LogP contribution in [0.2, 0.25) is 0 Å². The van der Waals surface area contributed by atoms with Crippen LogP contribution < -0.4 is 14.9 Å². The number of ether oxygens (including phenoxy) is 2. The maximum Gasteiger partial charge on any atom is 0.488 e. The van der Waals surface area contributed by atoms with Crippen molar-refractivity contribution in [3.8, 4) is 11.5 Å². The Kier molecular flexibility index (Phi) is 8.36. The van der Waals surface area contributed by atoms with Gasteiger partial charge < -0.3 is 19.5 Å². The fourth-order valence-electron chi connectivity index (χ4n) is 1.89. The van der Waals surface area contributed by atoms with Crippen molar-refractivity contribution in [3.05, 3.63) is 51.5 Å². The van der Waals surface area contributed by atoms with Crippen LogP contribution in [0.15, 0.2) is 28.7 Å². The van der Waals surface area contributed by atoms with Gasteiger partial charge in [-0.05, 0) is 29.7 Å². The zero-order chi connectivity index (χ0) is 19.9. The zero-order valence-corrected chi connectivity index (χ0v) is 15.3. The molecule has 0 radical (unpaired) electrons. The fourth-order valence-corrected chi connectivity index (χ4v) is 2.30. The molecule has 0 aliphatic rings. The average Bonchev–Trinajstić information content (AvgIpc) is 2.60. The number of hydrogen-bond donors (Lipinski definition) is 2. The number of carbonyl (C=O) groups is 2. The van der Waals surface area contributed by atoms with Gasteiger partial charge in [0.1, 0.15) is 23.1 Å². The number of aldehydes is 2. The predicted octanol–water partition coefficient (Wildman–Crippen LogP) is 1.74. The van der Waals surface area contributed by atoms with Gasteiger partial charge >= 0.3 is 7.12 Å². The molecule has 10 heteroatoms. The third-order valence-electron chi connectivity index (χ3n) is 3.14. The summed E-state index contributed by atoms with van der Waals surface area (Å²) < 4.78 is 36.1. The Balaban J connectivity index is 0.000000263. The molecule has 0 bridgehead atoms. The van der Waals surface area contributed by atoms with Crippen LogP contribution in [0.25, 0.3) is 0 Å². The topological polar surface area (TPSA) is 93.1 Å². The Labute approximate surface area is 156 Å². The number of rotatable bonds is 5. The maximum absolute atomic E-state index is 13.1. The van der Waals surface area contributed by atoms with Gasteiger partial charge in [0.25, 0.3) is 0 Å². The van der Waals surface area contributed by atoms with Crippen molar-refractivity contribution < 1.29 is 37.9 Å². The van der Waals surface area contributed by atoms with Crippen LogP contribution in [-0.4, -0.2) is 44.0 Å². The van der Waals surface area contributed by atoms with E-state index in [1.165, 1.54) is 32.4 Å². The first-order valence-corrected chi connectivity index (χ1v) is 7.75. The summed E-state index contributed by atoms with van der Waals surface area (Å²) in [6, 6.07) is 4.81. The summed E-state index contributed by atoms with van der Waals surface area (Å²) in [5.41, 5.74) is -0.359. The summed E-state index contributed by atoms with van der Waals surface area (Å²) in [5, 5.41) is 17.6. The third-order valence-corrected chi connectivity index (χ3v) is 3.60. The van der Waals surface area contributed by atoms with E-state index in [0.717, 1.165) is 6.07 Å². The minimum absolute atomic E-state index is 0.0249. The molecule has 2 aromatic rings. The van der Waals surface area contributed by atoms with E-state index in [0.29, 0.717) is 17.0 Å². The monoisotopic (exact) mass is 430 g/mol. The molecule has 0 amide bonds. The molecule has 0 atom stereocenters. The molecular weight excluding hydrogens is 417 g/mol. The van der Waals surface area contributed by atoms with Crippen molar-refractivity contribution in [1.82, 2.24) is 0 Å². The van der Waals surface area contributed by atoms with E-state index in [1.807, 2.05) is 0 Å². The molecule has 0 aliphatic carbocycles. The van der Waals surface area contributed by atoms with Crippen LogP contribution in [0.4, 0.5) is 8.78 Å². The van der Waals surface area contributed by atoms with Crippen molar-refractivity contribution in [2.75, 3.05) is 14.2 Å². The van der Waals surface area contributed by atoms with Crippen molar-refractivity contribution in [3.63, 3.8) is 0 Å². The molecule has 0 saturated heterocycles. The van der Waals surface area contributed by atoms with Crippen LogP contribution in [-0.2, 0) is 0 Å². The summed E-state index contributed by atoms with van der Waals surface area (Å²) in [6.07, 6.45) is 0.738. The van der Waals surface area contributed by atoms with E-state index >= 15 is 0 Å². The lowest BCUT2D eigenvalue weighted by Gasteiger charge is -2.07. The molecule has 138 valence electrons. The van der Waals surface area contributed by atoms with E-state index in [-0.39, 0.29) is 28.1 Å². The smallest absolute Gasteiger partial charge is 0.488 e. The Bertz CT molecular complexity index is 801. The first-order valence-electron chi connectivity index (χ1n) is 6.95. The molecule has 2 aromatic carbocycles. The van der Waals surface area contributed by atoms with Gasteiger partial charge in [-0.15, -0.1) is 0 Å². The standard InChI is InChI=1S/C8H8BFO4.C8H6BrFO2/c1-14-8-3-5(9(12)13)2-7(10)6(8)4-11;1-12-8-3-5(9)2-7(10)6(8)4-11/h2-4,12-13H,1H3;2-4H,1H3. The molecule has 0 heterocycles. The van der Waals surface area contributed by atoms with E-state index in [4.69, 9.17) is 19.5 Å². The normalized spacial score (nSPS) is 9.65. The van der Waals surface area contributed by atoms with E-state index in [9.17, 15) is 18.4 Å². The Morgan fingerprint density at radius 1 is 0.923 bits per heavy atom. The number of halogens is 3. The maximum atomic E-state index is 13.1. The van der Waals surface area contributed by atoms with Crippen LogP contribution in [0.1, 0.15) is 20.7 Å². The van der Waals surface area contributed by atoms with E-state index in [2.05, 4.69) is 15.9 Å². The van der Waals surface area contributed by atoms with Crippen molar-refractivity contribution in [1.29, 1.82) is 0 Å². The van der Waals surface area contributed by atoms with Gasteiger partial charge in [-0.25, -0.2) is 8.78 Å². The van der Waals surface area contributed by atoms with Gasteiger partial charge in [-0.2, -0.15) is 0 Å². The minimum Gasteiger partial charge on any atom is -0.496 e. The van der Waals surface area contributed by atoms with Gasteiger partial charge in [0, 0.05) is 4.47 Å². The highest BCUT2D eigenvalue weighted by Gasteiger charge is 2.17. The van der Waals surface area contributed by atoms with Crippen LogP contribution in [0.5, 0.6) is 11.5 Å². The summed E-state index contributed by atoms with van der Waals surface area (Å²) in [5.74, 6) is -1.22. The first kappa shape index (κ1) is 21.7. The quantitative estimate of drug-likeness (QED) is 0.554. The molecular formula is C16H14BBrF2O6. The minimum atomic E-state index is -1.79. The highest BCUT2D eigenvalue weighted by atomic mass is 79.9. The summed E-state index contributed by atoms with van der Waals surface area (Å²) in [7, 11) is 0.850. The predicted molar refractivity (Wildman–Crippen MR) is 94.2 cm³/mol. The van der Waals surface area contributed by atoms with Gasteiger partial charge in [0.05, 0.1) is 25.3 Å². The molecule has 2 N–H and O–H groups in total. The van der Waals surface area contributed by atoms with Gasteiger partial charge in [-0.3, -0.25) is 9.59 Å². The van der Waals surface area contributed by atoms with Gasteiger partial charge in [0.2, 0.25) is 0 Å². The van der Waals surface area contributed by atoms with Crippen LogP contribution in [0, 0.1) is 11.6 Å². The SMILES string of the molecule is COc1cc(B(O)O)cc(F)c1C=O.COc1cc(Br)cc(F)c1C=O. The fraction of sp³-hybridized carbons (Fsp3) is 0.125. The Hall–Kier alpha value is -2.30. The lowest BCUT2D eigenvalue weighted by Crippen LogP contribution is -2.30. The number of carbonyl (C=O) groups excluding carboxylic acids is 2. The summed E-state index contributed by atoms with van der Waals surface area (Å²) in [6.45, 7) is 0.